The van der Waals surface area contributed by atoms with Gasteiger partial charge in [-0.1, -0.05) is 27.7 Å². The molecule has 28 heavy (non-hydrogen) atoms. The highest BCUT2D eigenvalue weighted by Crippen LogP contribution is 2.45. The Bertz CT molecular complexity index is 761. The number of aliphatic hydroxyl groups is 1. The van der Waals surface area contributed by atoms with Gasteiger partial charge in [-0.15, -0.1) is 0 Å². The number of carbonyl (C=O) groups excluding carboxylic acids is 3. The normalized spacial score (nSPS) is 27.2. The fourth-order valence-corrected chi connectivity index (χ4v) is 5.85. The van der Waals surface area contributed by atoms with Crippen molar-refractivity contribution in [3.05, 3.63) is 0 Å². The highest BCUT2D eigenvalue weighted by molar-refractivity contribution is 7.93. The van der Waals surface area contributed by atoms with Gasteiger partial charge >= 0.3 is 0 Å². The summed E-state index contributed by atoms with van der Waals surface area (Å²) in [6.07, 6.45) is -0.115. The monoisotopic (exact) mass is 417 g/mol. The number of amides is 3. The van der Waals surface area contributed by atoms with E-state index in [1.165, 1.54) is 13.8 Å². The first kappa shape index (κ1) is 22.6. The standard InChI is InChI=1S/C18H31N3O6S/c1-9(2)11(8-22)19-16(24)14(10(3)4)20-17(25)15-18(5,6)28(26,27)13-7-12(23)21(13)15/h9-11,13-15,22H,7-8H2,1-6H3,(H,19,24)(H,20,25). The number of nitrogens with zero attached hydrogens (tertiary/aromatic N) is 1. The van der Waals surface area contributed by atoms with Crippen LogP contribution in [0.15, 0.2) is 0 Å². The molecule has 10 heteroatoms. The summed E-state index contributed by atoms with van der Waals surface area (Å²) in [7, 11) is -3.69. The summed E-state index contributed by atoms with van der Waals surface area (Å²) in [5.41, 5.74) is 0. The van der Waals surface area contributed by atoms with E-state index in [0.717, 1.165) is 4.90 Å². The zero-order chi connectivity index (χ0) is 21.6. The minimum absolute atomic E-state index is 0.00385. The van der Waals surface area contributed by atoms with E-state index < -0.39 is 49.9 Å². The predicted octanol–water partition coefficient (Wildman–Crippen LogP) is -0.606. The average molecular weight is 418 g/mol. The van der Waals surface area contributed by atoms with Gasteiger partial charge in [0.05, 0.1) is 23.8 Å². The third-order valence-corrected chi connectivity index (χ3v) is 8.60. The van der Waals surface area contributed by atoms with Gasteiger partial charge in [0.15, 0.2) is 9.84 Å². The fraction of sp³-hybridized carbons (Fsp3) is 0.833. The Morgan fingerprint density at radius 3 is 2.18 bits per heavy atom. The molecule has 4 unspecified atom stereocenters. The lowest BCUT2D eigenvalue weighted by Gasteiger charge is -2.37. The van der Waals surface area contributed by atoms with Crippen LogP contribution >= 0.6 is 0 Å². The summed E-state index contributed by atoms with van der Waals surface area (Å²) in [6.45, 7) is 9.84. The van der Waals surface area contributed by atoms with Gasteiger partial charge in [-0.2, -0.15) is 0 Å². The maximum atomic E-state index is 13.0. The Morgan fingerprint density at radius 1 is 1.18 bits per heavy atom. The summed E-state index contributed by atoms with van der Waals surface area (Å²) >= 11 is 0. The molecule has 9 nitrogen and oxygen atoms in total. The SMILES string of the molecule is CC(C)C(CO)NC(=O)C(NC(=O)C1N2C(=O)CC2S(=O)(=O)C1(C)C)C(C)C. The number of nitrogens with one attached hydrogen (secondary N) is 2. The van der Waals surface area contributed by atoms with Crippen molar-refractivity contribution in [1.82, 2.24) is 15.5 Å². The van der Waals surface area contributed by atoms with Gasteiger partial charge in [0.25, 0.3) is 0 Å². The highest BCUT2D eigenvalue weighted by Gasteiger charge is 2.67. The van der Waals surface area contributed by atoms with E-state index in [4.69, 9.17) is 0 Å². The molecule has 2 aliphatic rings. The first-order chi connectivity index (χ1) is 12.8. The molecule has 0 aromatic carbocycles. The summed E-state index contributed by atoms with van der Waals surface area (Å²) in [5.74, 6) is -1.79. The second-order valence-corrected chi connectivity index (χ2v) is 11.5. The van der Waals surface area contributed by atoms with Crippen molar-refractivity contribution in [1.29, 1.82) is 0 Å². The fourth-order valence-electron chi connectivity index (χ4n) is 3.72. The molecule has 3 amide bonds. The molecule has 2 saturated heterocycles. The molecule has 2 rings (SSSR count). The van der Waals surface area contributed by atoms with Gasteiger partial charge in [-0.3, -0.25) is 14.4 Å². The summed E-state index contributed by atoms with van der Waals surface area (Å²) < 4.78 is 23.9. The van der Waals surface area contributed by atoms with Crippen molar-refractivity contribution in [2.45, 2.75) is 76.2 Å². The number of β-lactam (4-membered cyclic amide) rings is 1. The second kappa shape index (κ2) is 7.62. The number of carbonyl (C=O) groups is 3. The van der Waals surface area contributed by atoms with Crippen LogP contribution in [0.3, 0.4) is 0 Å². The molecule has 160 valence electrons. The Balaban J connectivity index is 2.23. The third-order valence-electron chi connectivity index (χ3n) is 5.80. The second-order valence-electron chi connectivity index (χ2n) is 8.78. The van der Waals surface area contributed by atoms with Crippen LogP contribution in [0.4, 0.5) is 0 Å². The Labute approximate surface area is 166 Å². The van der Waals surface area contributed by atoms with E-state index in [0.29, 0.717) is 0 Å². The number of aliphatic hydroxyl groups excluding tert-OH is 1. The largest absolute Gasteiger partial charge is 0.394 e. The lowest BCUT2D eigenvalue weighted by Crippen LogP contribution is -2.62. The zero-order valence-electron chi connectivity index (χ0n) is 17.2. The molecule has 0 radical (unpaired) electrons. The number of hydrogen-bond donors (Lipinski definition) is 3. The quantitative estimate of drug-likeness (QED) is 0.474. The summed E-state index contributed by atoms with van der Waals surface area (Å²) in [4.78, 5) is 38.8. The molecule has 0 saturated carbocycles. The lowest BCUT2D eigenvalue weighted by molar-refractivity contribution is -0.150. The van der Waals surface area contributed by atoms with Gasteiger partial charge in [-0.05, 0) is 25.7 Å². The Morgan fingerprint density at radius 2 is 1.75 bits per heavy atom. The van der Waals surface area contributed by atoms with E-state index in [1.807, 2.05) is 13.8 Å². The molecule has 0 aromatic rings. The van der Waals surface area contributed by atoms with Crippen molar-refractivity contribution in [3.63, 3.8) is 0 Å². The summed E-state index contributed by atoms with van der Waals surface area (Å²) in [5, 5.41) is 13.8. The number of rotatable bonds is 7. The van der Waals surface area contributed by atoms with Crippen molar-refractivity contribution in [2.24, 2.45) is 11.8 Å². The van der Waals surface area contributed by atoms with Crippen molar-refractivity contribution in [3.8, 4) is 0 Å². The van der Waals surface area contributed by atoms with Gasteiger partial charge in [0, 0.05) is 0 Å². The van der Waals surface area contributed by atoms with Crippen LogP contribution in [-0.4, -0.2) is 71.0 Å². The van der Waals surface area contributed by atoms with E-state index in [9.17, 15) is 27.9 Å². The van der Waals surface area contributed by atoms with Gasteiger partial charge in [0.2, 0.25) is 17.7 Å². The van der Waals surface area contributed by atoms with E-state index in [2.05, 4.69) is 10.6 Å². The molecule has 3 N–H and O–H groups in total. The van der Waals surface area contributed by atoms with Crippen LogP contribution in [-0.2, 0) is 24.2 Å². The van der Waals surface area contributed by atoms with Crippen molar-refractivity contribution < 1.29 is 27.9 Å². The maximum absolute atomic E-state index is 13.0. The summed E-state index contributed by atoms with van der Waals surface area (Å²) in [6, 6.07) is -2.57. The Hall–Kier alpha value is -1.68. The van der Waals surface area contributed by atoms with Gasteiger partial charge in [-0.25, -0.2) is 8.42 Å². The van der Waals surface area contributed by atoms with Crippen LogP contribution in [0.25, 0.3) is 0 Å². The van der Waals surface area contributed by atoms with Crippen molar-refractivity contribution in [2.75, 3.05) is 6.61 Å². The minimum atomic E-state index is -3.69. The zero-order valence-corrected chi connectivity index (χ0v) is 18.0. The van der Waals surface area contributed by atoms with E-state index >= 15 is 0 Å². The molecule has 4 atom stereocenters. The lowest BCUT2D eigenvalue weighted by atomic mass is 9.95. The first-order valence-electron chi connectivity index (χ1n) is 9.53. The van der Waals surface area contributed by atoms with E-state index in [1.54, 1.807) is 13.8 Å². The van der Waals surface area contributed by atoms with Gasteiger partial charge in [0.1, 0.15) is 17.5 Å². The molecule has 2 fully saturated rings. The van der Waals surface area contributed by atoms with Crippen LogP contribution in [0.2, 0.25) is 0 Å². The number of sulfone groups is 1. The average Bonchev–Trinajstić information content (AvgIpc) is 2.70. The molecular formula is C18H31N3O6S. The van der Waals surface area contributed by atoms with Gasteiger partial charge < -0.3 is 20.6 Å². The van der Waals surface area contributed by atoms with Crippen LogP contribution in [0.5, 0.6) is 0 Å². The maximum Gasteiger partial charge on any atom is 0.245 e. The topological polar surface area (TPSA) is 133 Å². The van der Waals surface area contributed by atoms with E-state index in [-0.39, 0.29) is 30.8 Å². The predicted molar refractivity (Wildman–Crippen MR) is 103 cm³/mol. The molecular weight excluding hydrogens is 386 g/mol. The molecule has 0 spiro atoms. The highest BCUT2D eigenvalue weighted by atomic mass is 32.2. The minimum Gasteiger partial charge on any atom is -0.394 e. The molecule has 0 aliphatic carbocycles. The Kier molecular flexibility index (Phi) is 6.16. The number of fused-ring (bicyclic) bond motifs is 1. The van der Waals surface area contributed by atoms with Crippen LogP contribution in [0.1, 0.15) is 48.0 Å². The van der Waals surface area contributed by atoms with Crippen LogP contribution < -0.4 is 10.6 Å². The smallest absolute Gasteiger partial charge is 0.245 e. The third kappa shape index (κ3) is 3.52. The molecule has 2 aliphatic heterocycles. The molecule has 0 bridgehead atoms. The molecule has 0 aromatic heterocycles. The van der Waals surface area contributed by atoms with Crippen LogP contribution in [0, 0.1) is 11.8 Å². The van der Waals surface area contributed by atoms with Crippen molar-refractivity contribution >= 4 is 27.6 Å². The number of hydrogen-bond acceptors (Lipinski definition) is 6. The molecule has 2 heterocycles. The first-order valence-corrected chi connectivity index (χ1v) is 11.1.